The molecule has 0 aliphatic carbocycles. The van der Waals surface area contributed by atoms with Gasteiger partial charge in [-0.25, -0.2) is 0 Å². The van der Waals surface area contributed by atoms with Gasteiger partial charge in [0.15, 0.2) is 5.78 Å². The molecule has 0 saturated heterocycles. The van der Waals surface area contributed by atoms with E-state index in [2.05, 4.69) is 35.8 Å². The highest BCUT2D eigenvalue weighted by molar-refractivity contribution is 6.96. The monoisotopic (exact) mass is 477 g/mol. The van der Waals surface area contributed by atoms with E-state index in [-0.39, 0.29) is 5.78 Å². The molecule has 0 amide bonds. The van der Waals surface area contributed by atoms with E-state index in [0.717, 1.165) is 32.6 Å². The molecule has 174 valence electrons. The largest absolute Gasteiger partial charge is 0.496 e. The van der Waals surface area contributed by atoms with Crippen LogP contribution in [0.5, 0.6) is 5.75 Å². The lowest BCUT2D eigenvalue weighted by atomic mass is 9.98. The fraction of sp³-hybridized carbons (Fsp3) is 0.100. The second-order valence-electron chi connectivity index (χ2n) is 8.62. The van der Waals surface area contributed by atoms with Gasteiger partial charge in [0.2, 0.25) is 0 Å². The standard InChI is InChI=1S/C30H27NO3Si/c1-33-27-19-18-26(28-25(27)20-21-31-28)30(29(32)22-12-6-3-7-13-22)34-35(2,23-14-8-4-9-15-23)24-16-10-5-11-17-24/h3-21,30-31H,1-2H3/t30-/m0/s1. The number of nitrogens with one attached hydrogen (secondary N) is 1. The number of aromatic nitrogens is 1. The van der Waals surface area contributed by atoms with E-state index >= 15 is 0 Å². The molecule has 0 fully saturated rings. The third-order valence-corrected chi connectivity index (χ3v) is 10.1. The molecule has 1 atom stereocenters. The summed E-state index contributed by atoms with van der Waals surface area (Å²) in [7, 11) is -1.15. The van der Waals surface area contributed by atoms with Crippen molar-refractivity contribution in [2.45, 2.75) is 12.7 Å². The Balaban J connectivity index is 1.70. The number of hydrogen-bond acceptors (Lipinski definition) is 3. The van der Waals surface area contributed by atoms with Crippen molar-refractivity contribution in [3.05, 3.63) is 127 Å². The van der Waals surface area contributed by atoms with Crippen LogP contribution < -0.4 is 15.1 Å². The molecule has 35 heavy (non-hydrogen) atoms. The van der Waals surface area contributed by atoms with Crippen molar-refractivity contribution in [2.75, 3.05) is 7.11 Å². The highest BCUT2D eigenvalue weighted by atomic mass is 28.4. The summed E-state index contributed by atoms with van der Waals surface area (Å²) < 4.78 is 12.7. The Morgan fingerprint density at radius 1 is 0.771 bits per heavy atom. The molecule has 0 aliphatic heterocycles. The van der Waals surface area contributed by atoms with Gasteiger partial charge in [-0.2, -0.15) is 0 Å². The van der Waals surface area contributed by atoms with E-state index in [0.29, 0.717) is 5.56 Å². The molecule has 0 bridgehead atoms. The maximum absolute atomic E-state index is 14.1. The third-order valence-electron chi connectivity index (χ3n) is 6.52. The smallest absolute Gasteiger partial charge is 0.254 e. The SMILES string of the molecule is COc1ccc([C@H](O[Si](C)(c2ccccc2)c2ccccc2)C(=O)c2ccccc2)c2[nH]ccc12. The van der Waals surface area contributed by atoms with Crippen molar-refractivity contribution in [1.82, 2.24) is 4.98 Å². The number of Topliss-reactive ketones (excluding diaryl/α,β-unsaturated/α-hetero) is 1. The van der Waals surface area contributed by atoms with Crippen LogP contribution in [0.3, 0.4) is 0 Å². The molecular formula is C30H27NO3Si. The maximum Gasteiger partial charge on any atom is 0.254 e. The Bertz CT molecular complexity index is 1390. The molecule has 1 heterocycles. The van der Waals surface area contributed by atoms with Crippen LogP contribution in [0.25, 0.3) is 10.9 Å². The van der Waals surface area contributed by atoms with Gasteiger partial charge in [0.1, 0.15) is 11.9 Å². The molecule has 5 rings (SSSR count). The zero-order chi connectivity index (χ0) is 24.3. The number of aromatic amines is 1. The van der Waals surface area contributed by atoms with Gasteiger partial charge in [0.25, 0.3) is 8.32 Å². The summed E-state index contributed by atoms with van der Waals surface area (Å²) in [6.45, 7) is 2.17. The average Bonchev–Trinajstić information content (AvgIpc) is 3.43. The molecular weight excluding hydrogens is 450 g/mol. The molecule has 0 radical (unpaired) electrons. The van der Waals surface area contributed by atoms with Crippen molar-refractivity contribution in [2.24, 2.45) is 0 Å². The van der Waals surface area contributed by atoms with Gasteiger partial charge in [-0.3, -0.25) is 4.79 Å². The minimum atomic E-state index is -2.80. The third kappa shape index (κ3) is 4.32. The number of rotatable bonds is 8. The van der Waals surface area contributed by atoms with Gasteiger partial charge in [-0.1, -0.05) is 97.1 Å². The molecule has 1 aromatic heterocycles. The molecule has 0 spiro atoms. The Morgan fingerprint density at radius 3 is 1.91 bits per heavy atom. The highest BCUT2D eigenvalue weighted by Crippen LogP contribution is 2.35. The molecule has 4 nitrogen and oxygen atoms in total. The van der Waals surface area contributed by atoms with Crippen LogP contribution in [0, 0.1) is 0 Å². The summed E-state index contributed by atoms with van der Waals surface area (Å²) in [6.07, 6.45) is 1.06. The van der Waals surface area contributed by atoms with Gasteiger partial charge >= 0.3 is 0 Å². The molecule has 4 aromatic carbocycles. The van der Waals surface area contributed by atoms with E-state index in [1.165, 1.54) is 0 Å². The number of carbonyl (C=O) groups is 1. The zero-order valence-corrected chi connectivity index (χ0v) is 20.8. The molecule has 0 aliphatic rings. The van der Waals surface area contributed by atoms with Crippen LogP contribution in [0.4, 0.5) is 0 Å². The van der Waals surface area contributed by atoms with Crippen LogP contribution in [0.1, 0.15) is 22.0 Å². The summed E-state index contributed by atoms with van der Waals surface area (Å²) >= 11 is 0. The van der Waals surface area contributed by atoms with Crippen molar-refractivity contribution >= 4 is 35.4 Å². The van der Waals surface area contributed by atoms with E-state index in [4.69, 9.17) is 9.16 Å². The number of benzene rings is 4. The van der Waals surface area contributed by atoms with Crippen LogP contribution in [-0.2, 0) is 4.43 Å². The van der Waals surface area contributed by atoms with Gasteiger partial charge in [-0.05, 0) is 29.1 Å². The van der Waals surface area contributed by atoms with Crippen molar-refractivity contribution < 1.29 is 14.0 Å². The van der Waals surface area contributed by atoms with E-state index in [1.807, 2.05) is 91.1 Å². The Labute approximate surface area is 206 Å². The Kier molecular flexibility index (Phi) is 6.36. The first kappa shape index (κ1) is 22.8. The number of fused-ring (bicyclic) bond motifs is 1. The fourth-order valence-corrected chi connectivity index (χ4v) is 7.58. The van der Waals surface area contributed by atoms with Gasteiger partial charge < -0.3 is 14.1 Å². The van der Waals surface area contributed by atoms with E-state index < -0.39 is 14.4 Å². The van der Waals surface area contributed by atoms with Crippen LogP contribution in [0.15, 0.2) is 115 Å². The van der Waals surface area contributed by atoms with E-state index in [9.17, 15) is 4.79 Å². The van der Waals surface area contributed by atoms with Gasteiger partial charge in [0, 0.05) is 22.7 Å². The molecule has 5 heteroatoms. The summed E-state index contributed by atoms with van der Waals surface area (Å²) in [6, 6.07) is 35.7. The van der Waals surface area contributed by atoms with Crippen molar-refractivity contribution in [3.63, 3.8) is 0 Å². The summed E-state index contributed by atoms with van der Waals surface area (Å²) in [5.74, 6) is 0.680. The van der Waals surface area contributed by atoms with Crippen molar-refractivity contribution in [1.29, 1.82) is 0 Å². The fourth-order valence-electron chi connectivity index (χ4n) is 4.61. The first-order valence-electron chi connectivity index (χ1n) is 11.6. The van der Waals surface area contributed by atoms with E-state index in [1.54, 1.807) is 7.11 Å². The topological polar surface area (TPSA) is 51.3 Å². The number of methoxy groups -OCH3 is 1. The predicted molar refractivity (Wildman–Crippen MR) is 143 cm³/mol. The van der Waals surface area contributed by atoms with Crippen LogP contribution >= 0.6 is 0 Å². The first-order chi connectivity index (χ1) is 17.1. The van der Waals surface area contributed by atoms with Gasteiger partial charge in [0.05, 0.1) is 12.6 Å². The van der Waals surface area contributed by atoms with Crippen molar-refractivity contribution in [3.8, 4) is 5.75 Å². The Hall–Kier alpha value is -3.93. The second-order valence-corrected chi connectivity index (χ2v) is 12.1. The zero-order valence-electron chi connectivity index (χ0n) is 19.8. The predicted octanol–water partition coefficient (Wildman–Crippen LogP) is 5.51. The normalized spacial score (nSPS) is 12.4. The highest BCUT2D eigenvalue weighted by Gasteiger charge is 2.40. The quantitative estimate of drug-likeness (QED) is 0.237. The number of carbonyl (C=O) groups excluding carboxylic acids is 1. The average molecular weight is 478 g/mol. The maximum atomic E-state index is 14.1. The Morgan fingerprint density at radius 2 is 1.34 bits per heavy atom. The summed E-state index contributed by atoms with van der Waals surface area (Å²) in [5.41, 5.74) is 2.26. The summed E-state index contributed by atoms with van der Waals surface area (Å²) in [5, 5.41) is 3.13. The van der Waals surface area contributed by atoms with Crippen LogP contribution in [-0.4, -0.2) is 26.2 Å². The van der Waals surface area contributed by atoms with Crippen LogP contribution in [0.2, 0.25) is 6.55 Å². The minimum absolute atomic E-state index is 0.0720. The lowest BCUT2D eigenvalue weighted by molar-refractivity contribution is 0.0788. The molecule has 1 N–H and O–H groups in total. The number of hydrogen-bond donors (Lipinski definition) is 1. The number of H-pyrrole nitrogens is 1. The minimum Gasteiger partial charge on any atom is -0.496 e. The molecule has 5 aromatic rings. The second kappa shape index (κ2) is 9.74. The first-order valence-corrected chi connectivity index (χ1v) is 14.0. The van der Waals surface area contributed by atoms with Gasteiger partial charge in [-0.15, -0.1) is 0 Å². The number of ketones is 1. The lowest BCUT2D eigenvalue weighted by Crippen LogP contribution is -2.59. The summed E-state index contributed by atoms with van der Waals surface area (Å²) in [4.78, 5) is 17.4. The number of ether oxygens (including phenoxy) is 1. The lowest BCUT2D eigenvalue weighted by Gasteiger charge is -2.33. The molecule has 0 saturated carbocycles. The molecule has 0 unspecified atom stereocenters.